The molecule has 0 saturated heterocycles. The molecule has 0 aromatic heterocycles. The van der Waals surface area contributed by atoms with Gasteiger partial charge in [0.15, 0.2) is 0 Å². The third-order valence-electron chi connectivity index (χ3n) is 3.85. The number of nitro benzene ring substituents is 1. The third-order valence-corrected chi connectivity index (χ3v) is 4.15. The topological polar surface area (TPSA) is 114 Å². The number of nitrogens with one attached hydrogen (secondary N) is 2. The van der Waals surface area contributed by atoms with Gasteiger partial charge in [-0.25, -0.2) is 5.43 Å². The molecule has 146 valence electrons. The minimum Gasteiger partial charge on any atom is -0.349 e. The maximum Gasteiger partial charge on any atom is 0.287 e. The van der Waals surface area contributed by atoms with Crippen LogP contribution >= 0.6 is 11.6 Å². The first-order chi connectivity index (χ1) is 13.3. The van der Waals surface area contributed by atoms with E-state index in [0.717, 1.165) is 11.6 Å². The summed E-state index contributed by atoms with van der Waals surface area (Å²) >= 11 is 5.79. The minimum absolute atomic E-state index is 0.0124. The van der Waals surface area contributed by atoms with E-state index in [4.69, 9.17) is 11.6 Å². The normalized spacial score (nSPS) is 12.2. The molecule has 2 amide bonds. The highest BCUT2D eigenvalue weighted by atomic mass is 35.5. The van der Waals surface area contributed by atoms with Crippen molar-refractivity contribution < 1.29 is 14.5 Å². The molecule has 1 unspecified atom stereocenters. The Morgan fingerprint density at radius 1 is 1.21 bits per heavy atom. The van der Waals surface area contributed by atoms with Crippen molar-refractivity contribution in [3.8, 4) is 0 Å². The first kappa shape index (κ1) is 21.0. The zero-order valence-electron chi connectivity index (χ0n) is 15.3. The maximum atomic E-state index is 12.1. The molecular weight excluding hydrogens is 384 g/mol. The summed E-state index contributed by atoms with van der Waals surface area (Å²) in [6.45, 7) is 3.48. The Hall–Kier alpha value is -3.26. The summed E-state index contributed by atoms with van der Waals surface area (Å²) in [7, 11) is 0. The van der Waals surface area contributed by atoms with E-state index in [2.05, 4.69) is 15.8 Å². The van der Waals surface area contributed by atoms with Crippen molar-refractivity contribution in [2.75, 3.05) is 0 Å². The van der Waals surface area contributed by atoms with Crippen molar-refractivity contribution in [1.29, 1.82) is 0 Å². The van der Waals surface area contributed by atoms with Crippen molar-refractivity contribution in [3.05, 3.63) is 74.8 Å². The number of carbonyl (C=O) groups is 2. The van der Waals surface area contributed by atoms with Crippen LogP contribution in [0.25, 0.3) is 0 Å². The van der Waals surface area contributed by atoms with Gasteiger partial charge in [-0.2, -0.15) is 5.10 Å². The molecule has 2 aromatic carbocycles. The van der Waals surface area contributed by atoms with E-state index in [1.165, 1.54) is 12.1 Å². The third kappa shape index (κ3) is 5.88. The van der Waals surface area contributed by atoms with E-state index >= 15 is 0 Å². The Kier molecular flexibility index (Phi) is 7.22. The highest BCUT2D eigenvalue weighted by Crippen LogP contribution is 2.24. The average Bonchev–Trinajstić information content (AvgIpc) is 2.66. The molecular formula is C19H19ClN4O4. The molecule has 0 fully saturated rings. The van der Waals surface area contributed by atoms with Crippen LogP contribution in [-0.2, 0) is 4.79 Å². The number of nitro groups is 1. The van der Waals surface area contributed by atoms with Crippen molar-refractivity contribution in [1.82, 2.24) is 10.7 Å². The van der Waals surface area contributed by atoms with Crippen LogP contribution in [0.3, 0.4) is 0 Å². The largest absolute Gasteiger partial charge is 0.349 e. The smallest absolute Gasteiger partial charge is 0.287 e. The Balaban J connectivity index is 1.91. The SMILES string of the molecule is CC(CC(=O)NC(C)c1ccccc1)=NNC(=O)c1ccc([N+](=O)[O-])c(Cl)c1. The zero-order valence-corrected chi connectivity index (χ0v) is 16.1. The summed E-state index contributed by atoms with van der Waals surface area (Å²) in [5.74, 6) is -0.820. The number of benzene rings is 2. The van der Waals surface area contributed by atoms with E-state index in [9.17, 15) is 19.7 Å². The highest BCUT2D eigenvalue weighted by Gasteiger charge is 2.15. The maximum absolute atomic E-state index is 12.1. The number of amides is 2. The van der Waals surface area contributed by atoms with Crippen molar-refractivity contribution >= 4 is 34.8 Å². The second-order valence-electron chi connectivity index (χ2n) is 6.09. The number of hydrazone groups is 1. The van der Waals surface area contributed by atoms with E-state index < -0.39 is 10.8 Å². The van der Waals surface area contributed by atoms with Crippen LogP contribution < -0.4 is 10.7 Å². The number of rotatable bonds is 7. The van der Waals surface area contributed by atoms with Crippen LogP contribution in [0.1, 0.15) is 42.2 Å². The fourth-order valence-electron chi connectivity index (χ4n) is 2.40. The van der Waals surface area contributed by atoms with Gasteiger partial charge in [-0.1, -0.05) is 41.9 Å². The van der Waals surface area contributed by atoms with E-state index in [0.29, 0.717) is 5.71 Å². The number of carbonyl (C=O) groups excluding carboxylic acids is 2. The van der Waals surface area contributed by atoms with E-state index in [1.54, 1.807) is 6.92 Å². The molecule has 9 heteroatoms. The van der Waals surface area contributed by atoms with Gasteiger partial charge in [0.1, 0.15) is 5.02 Å². The van der Waals surface area contributed by atoms with Gasteiger partial charge in [0.05, 0.1) is 17.4 Å². The molecule has 28 heavy (non-hydrogen) atoms. The molecule has 0 aliphatic heterocycles. The standard InChI is InChI=1S/C19H19ClN4O4/c1-12(10-18(25)21-13(2)14-6-4-3-5-7-14)22-23-19(26)15-8-9-17(24(27)28)16(20)11-15/h3-9,11,13H,10H2,1-2H3,(H,21,25)(H,23,26). The van der Waals surface area contributed by atoms with Gasteiger partial charge < -0.3 is 5.32 Å². The number of halogens is 1. The lowest BCUT2D eigenvalue weighted by molar-refractivity contribution is -0.384. The molecule has 0 saturated carbocycles. The Bertz CT molecular complexity index is 915. The first-order valence-corrected chi connectivity index (χ1v) is 8.77. The molecule has 0 aliphatic rings. The second-order valence-corrected chi connectivity index (χ2v) is 6.50. The van der Waals surface area contributed by atoms with Crippen LogP contribution in [0.2, 0.25) is 5.02 Å². The van der Waals surface area contributed by atoms with Crippen LogP contribution in [-0.4, -0.2) is 22.4 Å². The predicted octanol–water partition coefficient (Wildman–Crippen LogP) is 3.62. The van der Waals surface area contributed by atoms with Gasteiger partial charge in [0, 0.05) is 17.3 Å². The lowest BCUT2D eigenvalue weighted by Gasteiger charge is -2.14. The summed E-state index contributed by atoms with van der Waals surface area (Å²) in [6, 6.07) is 13.0. The van der Waals surface area contributed by atoms with Crippen LogP contribution in [0.15, 0.2) is 53.6 Å². The lowest BCUT2D eigenvalue weighted by Crippen LogP contribution is -2.28. The molecule has 0 heterocycles. The van der Waals surface area contributed by atoms with Crippen LogP contribution in [0.4, 0.5) is 5.69 Å². The van der Waals surface area contributed by atoms with Gasteiger partial charge in [0.25, 0.3) is 11.6 Å². The Morgan fingerprint density at radius 2 is 1.89 bits per heavy atom. The van der Waals surface area contributed by atoms with Gasteiger partial charge in [-0.15, -0.1) is 0 Å². The summed E-state index contributed by atoms with van der Waals surface area (Å²) in [6.07, 6.45) is 0.0124. The fourth-order valence-corrected chi connectivity index (χ4v) is 2.65. The molecule has 1 atom stereocenters. The molecule has 0 radical (unpaired) electrons. The Morgan fingerprint density at radius 3 is 2.50 bits per heavy atom. The van der Waals surface area contributed by atoms with Gasteiger partial charge in [0.2, 0.25) is 5.91 Å². The van der Waals surface area contributed by atoms with Gasteiger partial charge in [-0.3, -0.25) is 19.7 Å². The number of hydrogen-bond acceptors (Lipinski definition) is 5. The zero-order chi connectivity index (χ0) is 20.7. The minimum atomic E-state index is -0.638. The fraction of sp³-hybridized carbons (Fsp3) is 0.211. The molecule has 2 rings (SSSR count). The Labute approximate surface area is 166 Å². The van der Waals surface area contributed by atoms with Crippen molar-refractivity contribution in [3.63, 3.8) is 0 Å². The van der Waals surface area contributed by atoms with Crippen molar-refractivity contribution in [2.45, 2.75) is 26.3 Å². The molecule has 0 aliphatic carbocycles. The monoisotopic (exact) mass is 402 g/mol. The van der Waals surface area contributed by atoms with Crippen LogP contribution in [0.5, 0.6) is 0 Å². The predicted molar refractivity (Wildman–Crippen MR) is 106 cm³/mol. The average molecular weight is 403 g/mol. The van der Waals surface area contributed by atoms with E-state index in [-0.39, 0.29) is 34.6 Å². The number of hydrogen-bond donors (Lipinski definition) is 2. The lowest BCUT2D eigenvalue weighted by atomic mass is 10.1. The molecule has 8 nitrogen and oxygen atoms in total. The number of nitrogens with zero attached hydrogens (tertiary/aromatic N) is 2. The van der Waals surface area contributed by atoms with Gasteiger partial charge in [-0.05, 0) is 31.5 Å². The van der Waals surface area contributed by atoms with Crippen LogP contribution in [0, 0.1) is 10.1 Å². The summed E-state index contributed by atoms with van der Waals surface area (Å²) in [5.41, 5.74) is 3.52. The molecule has 2 N–H and O–H groups in total. The quantitative estimate of drug-likeness (QED) is 0.418. The van der Waals surface area contributed by atoms with Gasteiger partial charge >= 0.3 is 0 Å². The summed E-state index contributed by atoms with van der Waals surface area (Å²) in [4.78, 5) is 34.3. The summed E-state index contributed by atoms with van der Waals surface area (Å²) < 4.78 is 0. The molecule has 2 aromatic rings. The highest BCUT2D eigenvalue weighted by molar-refractivity contribution is 6.33. The first-order valence-electron chi connectivity index (χ1n) is 8.39. The van der Waals surface area contributed by atoms with Crippen molar-refractivity contribution in [2.24, 2.45) is 5.10 Å². The second kappa shape index (κ2) is 9.61. The molecule has 0 spiro atoms. The van der Waals surface area contributed by atoms with E-state index in [1.807, 2.05) is 37.3 Å². The summed E-state index contributed by atoms with van der Waals surface area (Å²) in [5, 5.41) is 17.3. The molecule has 0 bridgehead atoms.